The zero-order valence-electron chi connectivity index (χ0n) is 22.8. The molecule has 0 aliphatic carbocycles. The van der Waals surface area contributed by atoms with Gasteiger partial charge in [-0.05, 0) is 13.3 Å². The van der Waals surface area contributed by atoms with Crippen molar-refractivity contribution >= 4 is 41.8 Å². The molecule has 0 aromatic carbocycles. The summed E-state index contributed by atoms with van der Waals surface area (Å²) in [6.45, 7) is 7.42. The summed E-state index contributed by atoms with van der Waals surface area (Å²) in [5.41, 5.74) is 4.61. The number of nitrogens with zero attached hydrogens (tertiary/aromatic N) is 4. The number of rotatable bonds is 10. The number of quaternary nitrogens is 1. The molecule has 0 spiro atoms. The number of β-lactam (4-membered cyclic amide) rings is 1. The summed E-state index contributed by atoms with van der Waals surface area (Å²) in [5, 5.41) is 16.2. The van der Waals surface area contributed by atoms with Gasteiger partial charge in [0.05, 0.1) is 64.6 Å². The molecule has 4 heterocycles. The van der Waals surface area contributed by atoms with Crippen LogP contribution in [-0.4, -0.2) is 126 Å². The zero-order valence-corrected chi connectivity index (χ0v) is 23.7. The first-order valence-electron chi connectivity index (χ1n) is 13.2. The topological polar surface area (TPSA) is 181 Å². The number of nitrogens with two attached hydrogens (primary N) is 1. The molecule has 15 heteroatoms. The molecule has 14 nitrogen and oxygen atoms in total. The predicted molar refractivity (Wildman–Crippen MR) is 146 cm³/mol. The molecule has 3 amide bonds. The van der Waals surface area contributed by atoms with E-state index in [2.05, 4.69) is 40.7 Å². The van der Waals surface area contributed by atoms with Gasteiger partial charge in [0.1, 0.15) is 12.2 Å². The van der Waals surface area contributed by atoms with Gasteiger partial charge in [-0.1, -0.05) is 6.92 Å². The van der Waals surface area contributed by atoms with Gasteiger partial charge in [0.2, 0.25) is 17.7 Å². The van der Waals surface area contributed by atoms with Crippen molar-refractivity contribution in [2.24, 2.45) is 22.7 Å². The van der Waals surface area contributed by atoms with Crippen LogP contribution in [0.25, 0.3) is 0 Å². The Hall–Kier alpha value is -2.72. The number of fused-ring (bicyclic) bond motifs is 1. The minimum atomic E-state index is -1.14. The Morgan fingerprint density at radius 1 is 1.31 bits per heavy atom. The smallest absolute Gasteiger partial charge is 0.353 e. The first-order chi connectivity index (χ1) is 18.4. The fourth-order valence-electron chi connectivity index (χ4n) is 5.91. The molecule has 4 aliphatic rings. The van der Waals surface area contributed by atoms with Crippen LogP contribution >= 0.6 is 11.8 Å². The Kier molecular flexibility index (Phi) is 8.85. The number of hydrogen-bond donors (Lipinski definition) is 6. The molecule has 216 valence electrons. The van der Waals surface area contributed by atoms with Gasteiger partial charge in [0, 0.05) is 28.7 Å². The monoisotopic (exact) mass is 566 g/mol. The molecule has 0 bridgehead atoms. The maximum absolute atomic E-state index is 13.1. The number of carbonyl (C=O) groups is 4. The zero-order chi connectivity index (χ0) is 28.5. The van der Waals surface area contributed by atoms with E-state index in [1.54, 1.807) is 6.92 Å². The fourth-order valence-corrected chi connectivity index (χ4v) is 7.38. The van der Waals surface area contributed by atoms with E-state index in [0.717, 1.165) is 30.7 Å². The van der Waals surface area contributed by atoms with E-state index < -0.39 is 17.9 Å². The van der Waals surface area contributed by atoms with Crippen LogP contribution in [0.2, 0.25) is 0 Å². The molecule has 0 aromatic rings. The molecular formula is C24H40N9O5S+. The molecule has 39 heavy (non-hydrogen) atoms. The largest absolute Gasteiger partial charge is 0.477 e. The van der Waals surface area contributed by atoms with Crippen LogP contribution in [0.1, 0.15) is 20.3 Å². The third-order valence-corrected chi connectivity index (χ3v) is 9.65. The number of amides is 3. The summed E-state index contributed by atoms with van der Waals surface area (Å²) in [5.74, 6) is 2.60. The average Bonchev–Trinajstić information content (AvgIpc) is 3.43. The maximum Gasteiger partial charge on any atom is 0.353 e. The maximum atomic E-state index is 13.1. The quantitative estimate of drug-likeness (QED) is 0.0418. The van der Waals surface area contributed by atoms with Crippen LogP contribution in [-0.2, 0) is 19.2 Å². The number of thioether (sulfide) groups is 1. The Morgan fingerprint density at radius 3 is 2.64 bits per heavy atom. The third-order valence-electron chi connectivity index (χ3n) is 8.14. The van der Waals surface area contributed by atoms with Crippen molar-refractivity contribution in [3.05, 3.63) is 10.6 Å². The summed E-state index contributed by atoms with van der Waals surface area (Å²) < 4.78 is 0.905. The summed E-state index contributed by atoms with van der Waals surface area (Å²) in [7, 11) is 4.34. The van der Waals surface area contributed by atoms with E-state index in [1.165, 1.54) is 23.0 Å². The highest BCUT2D eigenvalue weighted by Gasteiger charge is 2.60. The number of carboxylic acid groups (broad SMARTS) is 1. The first kappa shape index (κ1) is 29.3. The van der Waals surface area contributed by atoms with E-state index in [1.807, 2.05) is 11.8 Å². The first-order valence-corrected chi connectivity index (χ1v) is 14.1. The Balaban J connectivity index is 1.37. The molecule has 6 atom stereocenters. The molecular weight excluding hydrogens is 526 g/mol. The van der Waals surface area contributed by atoms with E-state index in [9.17, 15) is 24.3 Å². The van der Waals surface area contributed by atoms with Crippen molar-refractivity contribution < 1.29 is 28.8 Å². The van der Waals surface area contributed by atoms with Gasteiger partial charge in [0.15, 0.2) is 0 Å². The number of nitrogens with one attached hydrogen (secondary N) is 4. The van der Waals surface area contributed by atoms with Gasteiger partial charge in [-0.3, -0.25) is 30.6 Å². The fraction of sp³-hybridized carbons (Fsp3) is 0.708. The highest BCUT2D eigenvalue weighted by Crippen LogP contribution is 2.51. The second kappa shape index (κ2) is 11.8. The van der Waals surface area contributed by atoms with Crippen molar-refractivity contribution in [2.75, 3.05) is 53.4 Å². The van der Waals surface area contributed by atoms with Crippen molar-refractivity contribution in [1.82, 2.24) is 31.4 Å². The number of likely N-dealkylation sites (N-methyl/N-ethyl adjacent to an activating group) is 1. The SMILES string of the molecule is C[C@@H](NC(=O)CN=CNNN)[C@H]1C(=O)N2C(C(=O)O)=C(S[C@@H]3CN[C@H](C(=O)N4CC[N+](C)(C)CC4)C3)[C@H](C)[C@H]12. The minimum Gasteiger partial charge on any atom is -0.477 e. The molecule has 3 fully saturated rings. The van der Waals surface area contributed by atoms with E-state index in [0.29, 0.717) is 17.9 Å². The van der Waals surface area contributed by atoms with E-state index in [4.69, 9.17) is 5.84 Å². The number of aliphatic carboxylic acids is 1. The van der Waals surface area contributed by atoms with Gasteiger partial charge in [0.25, 0.3) is 0 Å². The second-order valence-corrected chi connectivity index (χ2v) is 12.6. The number of carboxylic acids is 1. The van der Waals surface area contributed by atoms with Crippen molar-refractivity contribution in [3.63, 3.8) is 0 Å². The lowest BCUT2D eigenvalue weighted by molar-refractivity contribution is -0.894. The minimum absolute atomic E-state index is 0.0154. The number of aliphatic imine (C=N–C) groups is 1. The molecule has 4 rings (SSSR count). The van der Waals surface area contributed by atoms with Crippen LogP contribution in [0.3, 0.4) is 0 Å². The van der Waals surface area contributed by atoms with Crippen molar-refractivity contribution in [2.45, 2.75) is 43.6 Å². The van der Waals surface area contributed by atoms with Gasteiger partial charge in [-0.2, -0.15) is 5.53 Å². The lowest BCUT2D eigenvalue weighted by atomic mass is 9.78. The summed E-state index contributed by atoms with van der Waals surface area (Å²) >= 11 is 1.46. The predicted octanol–water partition coefficient (Wildman–Crippen LogP) is -2.36. The van der Waals surface area contributed by atoms with Crippen LogP contribution in [0.4, 0.5) is 0 Å². The average molecular weight is 567 g/mol. The highest BCUT2D eigenvalue weighted by molar-refractivity contribution is 8.03. The number of hydrazine groups is 2. The molecule has 3 saturated heterocycles. The summed E-state index contributed by atoms with van der Waals surface area (Å²) in [4.78, 5) is 58.6. The Labute approximate surface area is 232 Å². The number of piperazine rings is 1. The van der Waals surface area contributed by atoms with Crippen LogP contribution in [0.5, 0.6) is 0 Å². The molecule has 0 radical (unpaired) electrons. The van der Waals surface area contributed by atoms with E-state index in [-0.39, 0.29) is 53.2 Å². The van der Waals surface area contributed by atoms with Crippen LogP contribution < -0.4 is 27.4 Å². The van der Waals surface area contributed by atoms with Gasteiger partial charge < -0.3 is 30.0 Å². The number of hydrogen-bond acceptors (Lipinski definition) is 9. The molecule has 4 aliphatic heterocycles. The molecule has 0 unspecified atom stereocenters. The molecule has 0 aromatic heterocycles. The standard InChI is InChI=1S/C24H39N9O5S/c1-13-19-18(14(2)29-17(34)11-26-12-28-30-25)23(36)32(19)20(24(37)38)21(13)39-15-9-16(27-10-15)22(35)31-5-7-33(3,4)8-6-31/h12-16,18-19,27,30H,5-11,25H2,1-4H3,(H2-,26,28,29,34,37,38)/p+1/t13-,14-,15+,16+,18-,19-/m1/s1. The Bertz CT molecular complexity index is 1060. The normalized spacial score (nSPS) is 30.8. The molecule has 7 N–H and O–H groups in total. The third kappa shape index (κ3) is 6.06. The second-order valence-electron chi connectivity index (χ2n) is 11.3. The van der Waals surface area contributed by atoms with Gasteiger partial charge in [-0.25, -0.2) is 4.79 Å². The molecule has 0 saturated carbocycles. The summed E-state index contributed by atoms with van der Waals surface area (Å²) in [6.07, 6.45) is 1.85. The summed E-state index contributed by atoms with van der Waals surface area (Å²) in [6, 6.07) is -1.14. The van der Waals surface area contributed by atoms with Crippen molar-refractivity contribution in [1.29, 1.82) is 0 Å². The van der Waals surface area contributed by atoms with Crippen molar-refractivity contribution in [3.8, 4) is 0 Å². The van der Waals surface area contributed by atoms with Gasteiger partial charge in [-0.15, -0.1) is 11.8 Å². The highest BCUT2D eigenvalue weighted by atomic mass is 32.2. The van der Waals surface area contributed by atoms with Crippen LogP contribution in [0, 0.1) is 11.8 Å². The van der Waals surface area contributed by atoms with Gasteiger partial charge >= 0.3 is 5.97 Å². The Morgan fingerprint density at radius 2 is 2.00 bits per heavy atom. The lowest BCUT2D eigenvalue weighted by Gasteiger charge is -2.47. The number of carbonyl (C=O) groups excluding carboxylic acids is 3. The van der Waals surface area contributed by atoms with Crippen LogP contribution in [0.15, 0.2) is 15.6 Å². The van der Waals surface area contributed by atoms with E-state index >= 15 is 0 Å². The lowest BCUT2D eigenvalue weighted by Crippen LogP contribution is -2.66.